The SMILES string of the molecule is CC(=O)NCc1ccc(Nc2nc(Nc3cccc(S(N)(=O)=O)c3)c3cc[nH]c3n2)cc1. The number of anilines is 4. The molecule has 4 rings (SSSR count). The van der Waals surface area contributed by atoms with Crippen LogP contribution in [0.1, 0.15) is 12.5 Å². The number of nitrogens with two attached hydrogens (primary N) is 1. The molecule has 164 valence electrons. The minimum atomic E-state index is -3.83. The highest BCUT2D eigenvalue weighted by Crippen LogP contribution is 2.27. The maximum absolute atomic E-state index is 11.7. The number of rotatable bonds is 7. The smallest absolute Gasteiger partial charge is 0.238 e. The van der Waals surface area contributed by atoms with E-state index in [9.17, 15) is 13.2 Å². The van der Waals surface area contributed by atoms with Crippen LogP contribution in [0, 0.1) is 0 Å². The summed E-state index contributed by atoms with van der Waals surface area (Å²) in [7, 11) is -3.83. The monoisotopic (exact) mass is 451 g/mol. The van der Waals surface area contributed by atoms with Gasteiger partial charge in [0.1, 0.15) is 11.5 Å². The lowest BCUT2D eigenvalue weighted by atomic mass is 10.2. The number of fused-ring (bicyclic) bond motifs is 1. The fourth-order valence-electron chi connectivity index (χ4n) is 3.04. The lowest BCUT2D eigenvalue weighted by Crippen LogP contribution is -2.18. The third-order valence-electron chi connectivity index (χ3n) is 4.59. The molecule has 2 heterocycles. The fourth-order valence-corrected chi connectivity index (χ4v) is 3.60. The number of aromatic amines is 1. The Labute approximate surface area is 184 Å². The average Bonchev–Trinajstić information content (AvgIpc) is 3.22. The number of primary sulfonamides is 1. The van der Waals surface area contributed by atoms with Crippen LogP contribution in [0.4, 0.5) is 23.1 Å². The number of H-pyrrole nitrogens is 1. The summed E-state index contributed by atoms with van der Waals surface area (Å²) in [6, 6.07) is 15.5. The average molecular weight is 452 g/mol. The maximum Gasteiger partial charge on any atom is 0.238 e. The molecule has 0 saturated heterocycles. The molecule has 0 atom stereocenters. The molecule has 0 unspecified atom stereocenters. The number of hydrogen-bond acceptors (Lipinski definition) is 7. The number of benzene rings is 2. The molecule has 6 N–H and O–H groups in total. The van der Waals surface area contributed by atoms with Crippen LogP contribution in [0.5, 0.6) is 0 Å². The van der Waals surface area contributed by atoms with Gasteiger partial charge in [-0.1, -0.05) is 18.2 Å². The molecular formula is C21H21N7O3S. The van der Waals surface area contributed by atoms with Crippen molar-refractivity contribution in [1.82, 2.24) is 20.3 Å². The van der Waals surface area contributed by atoms with E-state index in [0.29, 0.717) is 29.6 Å². The van der Waals surface area contributed by atoms with E-state index >= 15 is 0 Å². The first-order chi connectivity index (χ1) is 15.3. The Hall–Kier alpha value is -3.96. The van der Waals surface area contributed by atoms with Crippen LogP contribution in [-0.4, -0.2) is 29.3 Å². The summed E-state index contributed by atoms with van der Waals surface area (Å²) in [5.74, 6) is 0.752. The standard InChI is InChI=1S/C21H21N7O3S/c1-13(29)24-12-14-5-7-15(8-6-14)26-21-27-19-18(9-10-23-19)20(28-21)25-16-3-2-4-17(11-16)32(22,30)31/h2-11H,12H2,1H3,(H,24,29)(H2,22,30,31)(H3,23,25,26,27,28). The first-order valence-electron chi connectivity index (χ1n) is 9.63. The Balaban J connectivity index is 1.59. The molecule has 4 aromatic rings. The molecule has 0 aliphatic rings. The molecule has 0 bridgehead atoms. The van der Waals surface area contributed by atoms with Crippen LogP contribution in [0.15, 0.2) is 65.7 Å². The predicted octanol–water partition coefficient (Wildman–Crippen LogP) is 2.73. The van der Waals surface area contributed by atoms with Crippen molar-refractivity contribution in [2.24, 2.45) is 5.14 Å². The van der Waals surface area contributed by atoms with Crippen LogP contribution in [0.3, 0.4) is 0 Å². The molecule has 1 amide bonds. The van der Waals surface area contributed by atoms with Crippen molar-refractivity contribution >= 4 is 50.1 Å². The lowest BCUT2D eigenvalue weighted by molar-refractivity contribution is -0.119. The Morgan fingerprint density at radius 3 is 2.53 bits per heavy atom. The van der Waals surface area contributed by atoms with Crippen LogP contribution in [-0.2, 0) is 21.4 Å². The zero-order chi connectivity index (χ0) is 22.7. The first-order valence-corrected chi connectivity index (χ1v) is 11.2. The molecule has 2 aromatic heterocycles. The van der Waals surface area contributed by atoms with Gasteiger partial charge < -0.3 is 20.9 Å². The highest BCUT2D eigenvalue weighted by atomic mass is 32.2. The molecule has 0 aliphatic carbocycles. The topological polar surface area (TPSA) is 155 Å². The van der Waals surface area contributed by atoms with Gasteiger partial charge in [-0.3, -0.25) is 4.79 Å². The first kappa shape index (κ1) is 21.3. The Kier molecular flexibility index (Phi) is 5.75. The summed E-state index contributed by atoms with van der Waals surface area (Å²) in [4.78, 5) is 23.1. The molecular weight excluding hydrogens is 430 g/mol. The highest BCUT2D eigenvalue weighted by molar-refractivity contribution is 7.89. The number of carbonyl (C=O) groups excluding carboxylic acids is 1. The van der Waals surface area contributed by atoms with E-state index in [4.69, 9.17) is 5.14 Å². The molecule has 0 saturated carbocycles. The number of nitrogens with one attached hydrogen (secondary N) is 4. The van der Waals surface area contributed by atoms with Gasteiger partial charge >= 0.3 is 0 Å². The molecule has 0 spiro atoms. The zero-order valence-electron chi connectivity index (χ0n) is 17.1. The van der Waals surface area contributed by atoms with Gasteiger partial charge in [0, 0.05) is 31.0 Å². The molecule has 10 nitrogen and oxygen atoms in total. The summed E-state index contributed by atoms with van der Waals surface area (Å²) in [6.07, 6.45) is 1.74. The van der Waals surface area contributed by atoms with Crippen LogP contribution in [0.25, 0.3) is 11.0 Å². The minimum Gasteiger partial charge on any atom is -0.352 e. The van der Waals surface area contributed by atoms with E-state index in [-0.39, 0.29) is 10.8 Å². The van der Waals surface area contributed by atoms with Gasteiger partial charge in [-0.25, -0.2) is 13.6 Å². The Bertz CT molecular complexity index is 1380. The number of sulfonamides is 1. The molecule has 0 radical (unpaired) electrons. The number of aromatic nitrogens is 3. The quantitative estimate of drug-likeness (QED) is 0.289. The van der Waals surface area contributed by atoms with Gasteiger partial charge in [-0.15, -0.1) is 0 Å². The van der Waals surface area contributed by atoms with Gasteiger partial charge in [0.15, 0.2) is 0 Å². The number of carbonyl (C=O) groups is 1. The van der Waals surface area contributed by atoms with Crippen molar-refractivity contribution in [1.29, 1.82) is 0 Å². The highest BCUT2D eigenvalue weighted by Gasteiger charge is 2.12. The predicted molar refractivity (Wildman–Crippen MR) is 122 cm³/mol. The van der Waals surface area contributed by atoms with Crippen molar-refractivity contribution in [3.63, 3.8) is 0 Å². The fraction of sp³-hybridized carbons (Fsp3) is 0.0952. The third kappa shape index (κ3) is 5.02. The molecule has 0 aliphatic heterocycles. The summed E-state index contributed by atoms with van der Waals surface area (Å²) in [5.41, 5.74) is 2.86. The molecule has 32 heavy (non-hydrogen) atoms. The van der Waals surface area contributed by atoms with Crippen LogP contribution >= 0.6 is 0 Å². The summed E-state index contributed by atoms with van der Waals surface area (Å²) in [6.45, 7) is 1.92. The Morgan fingerprint density at radius 1 is 1.03 bits per heavy atom. The second-order valence-electron chi connectivity index (χ2n) is 7.07. The minimum absolute atomic E-state index is 0.000398. The van der Waals surface area contributed by atoms with Gasteiger partial charge in [0.2, 0.25) is 21.9 Å². The maximum atomic E-state index is 11.7. The zero-order valence-corrected chi connectivity index (χ0v) is 17.9. The lowest BCUT2D eigenvalue weighted by Gasteiger charge is -2.11. The van der Waals surface area contributed by atoms with E-state index in [0.717, 1.165) is 16.6 Å². The van der Waals surface area contributed by atoms with Gasteiger partial charge in [0.05, 0.1) is 10.3 Å². The van der Waals surface area contributed by atoms with E-state index in [2.05, 4.69) is 30.9 Å². The third-order valence-corrected chi connectivity index (χ3v) is 5.50. The van der Waals surface area contributed by atoms with Crippen LogP contribution < -0.4 is 21.1 Å². The van der Waals surface area contributed by atoms with Crippen LogP contribution in [0.2, 0.25) is 0 Å². The van der Waals surface area contributed by atoms with Gasteiger partial charge in [0.25, 0.3) is 0 Å². The van der Waals surface area contributed by atoms with Crippen molar-refractivity contribution in [2.45, 2.75) is 18.4 Å². The normalized spacial score (nSPS) is 11.3. The molecule has 0 fully saturated rings. The van der Waals surface area contributed by atoms with Crippen molar-refractivity contribution in [3.8, 4) is 0 Å². The summed E-state index contributed by atoms with van der Waals surface area (Å²) >= 11 is 0. The number of amides is 1. The van der Waals surface area contributed by atoms with Crippen molar-refractivity contribution in [2.75, 3.05) is 10.6 Å². The van der Waals surface area contributed by atoms with E-state index in [1.54, 1.807) is 18.3 Å². The Morgan fingerprint density at radius 2 is 1.81 bits per heavy atom. The van der Waals surface area contributed by atoms with Crippen molar-refractivity contribution in [3.05, 3.63) is 66.4 Å². The molecule has 2 aromatic carbocycles. The number of hydrogen-bond donors (Lipinski definition) is 5. The van der Waals surface area contributed by atoms with Gasteiger partial charge in [-0.2, -0.15) is 9.97 Å². The second-order valence-corrected chi connectivity index (χ2v) is 8.63. The largest absolute Gasteiger partial charge is 0.352 e. The van der Waals surface area contributed by atoms with Gasteiger partial charge in [-0.05, 0) is 42.0 Å². The summed E-state index contributed by atoms with van der Waals surface area (Å²) < 4.78 is 23.3. The molecule has 11 heteroatoms. The second kappa shape index (κ2) is 8.65. The summed E-state index contributed by atoms with van der Waals surface area (Å²) in [5, 5.41) is 15.0. The van der Waals surface area contributed by atoms with E-state index in [1.807, 2.05) is 30.3 Å². The number of nitrogens with zero attached hydrogens (tertiary/aromatic N) is 2. The van der Waals surface area contributed by atoms with E-state index < -0.39 is 10.0 Å². The van der Waals surface area contributed by atoms with E-state index in [1.165, 1.54) is 19.1 Å². The van der Waals surface area contributed by atoms with Crippen molar-refractivity contribution < 1.29 is 13.2 Å².